The summed E-state index contributed by atoms with van der Waals surface area (Å²) in [4.78, 5) is 12.0. The summed E-state index contributed by atoms with van der Waals surface area (Å²) in [6, 6.07) is 5.99. The Morgan fingerprint density at radius 3 is 2.86 bits per heavy atom. The van der Waals surface area contributed by atoms with E-state index in [2.05, 4.69) is 10.4 Å². The minimum Gasteiger partial charge on any atom is -0.383 e. The molecule has 0 saturated heterocycles. The maximum Gasteiger partial charge on any atom is 0.269 e. The molecule has 0 aliphatic heterocycles. The smallest absolute Gasteiger partial charge is 0.269 e. The summed E-state index contributed by atoms with van der Waals surface area (Å²) in [5.74, 6) is 0.231. The van der Waals surface area contributed by atoms with Gasteiger partial charge in [0.25, 0.3) is 5.56 Å². The lowest BCUT2D eigenvalue weighted by Crippen LogP contribution is -2.23. The number of hydrogen-bond donors (Lipinski definition) is 1. The Labute approximate surface area is 126 Å². The molecule has 1 fully saturated rings. The Morgan fingerprint density at radius 2 is 2.19 bits per heavy atom. The summed E-state index contributed by atoms with van der Waals surface area (Å²) in [6.45, 7) is 1.10. The molecule has 0 bridgehead atoms. The van der Waals surface area contributed by atoms with E-state index in [0.717, 1.165) is 18.2 Å². The fourth-order valence-electron chi connectivity index (χ4n) is 2.04. The SMILES string of the molecule is O=c1cc(NCC2CC2)cnn1Cc1ccc(Cl)c(F)c1. The first kappa shape index (κ1) is 14.1. The molecule has 2 aromatic rings. The zero-order valence-electron chi connectivity index (χ0n) is 11.4. The van der Waals surface area contributed by atoms with Gasteiger partial charge in [-0.15, -0.1) is 0 Å². The second kappa shape index (κ2) is 5.85. The molecule has 110 valence electrons. The van der Waals surface area contributed by atoms with Crippen LogP contribution in [0.3, 0.4) is 0 Å². The summed E-state index contributed by atoms with van der Waals surface area (Å²) >= 11 is 5.63. The Morgan fingerprint density at radius 1 is 1.38 bits per heavy atom. The van der Waals surface area contributed by atoms with Crippen LogP contribution in [-0.2, 0) is 6.54 Å². The molecule has 0 spiro atoms. The van der Waals surface area contributed by atoms with Gasteiger partial charge < -0.3 is 5.32 Å². The van der Waals surface area contributed by atoms with E-state index in [1.807, 2.05) is 0 Å². The minimum atomic E-state index is -0.495. The Kier molecular flexibility index (Phi) is 3.92. The lowest BCUT2D eigenvalue weighted by Gasteiger charge is -2.08. The van der Waals surface area contributed by atoms with Gasteiger partial charge in [0.05, 0.1) is 23.5 Å². The van der Waals surface area contributed by atoms with E-state index in [-0.39, 0.29) is 17.1 Å². The molecule has 0 amide bonds. The Hall–Kier alpha value is -1.88. The van der Waals surface area contributed by atoms with Crippen LogP contribution in [0.15, 0.2) is 35.3 Å². The first-order chi connectivity index (χ1) is 10.1. The summed E-state index contributed by atoms with van der Waals surface area (Å²) in [5.41, 5.74) is 1.15. The van der Waals surface area contributed by atoms with Gasteiger partial charge in [-0.25, -0.2) is 9.07 Å². The van der Waals surface area contributed by atoms with Gasteiger partial charge in [0, 0.05) is 12.6 Å². The number of nitrogens with zero attached hydrogens (tertiary/aromatic N) is 2. The summed E-state index contributed by atoms with van der Waals surface area (Å²) < 4.78 is 14.7. The largest absolute Gasteiger partial charge is 0.383 e. The van der Waals surface area contributed by atoms with Crippen molar-refractivity contribution in [3.05, 3.63) is 57.2 Å². The van der Waals surface area contributed by atoms with E-state index in [9.17, 15) is 9.18 Å². The highest BCUT2D eigenvalue weighted by Crippen LogP contribution is 2.28. The van der Waals surface area contributed by atoms with Crippen molar-refractivity contribution in [2.45, 2.75) is 19.4 Å². The van der Waals surface area contributed by atoms with Gasteiger partial charge in [0.2, 0.25) is 0 Å². The maximum absolute atomic E-state index is 13.4. The number of nitrogens with one attached hydrogen (secondary N) is 1. The molecule has 4 nitrogen and oxygen atoms in total. The molecule has 1 aromatic carbocycles. The first-order valence-electron chi connectivity index (χ1n) is 6.87. The number of benzene rings is 1. The predicted octanol–water partition coefficient (Wildman–Crippen LogP) is 2.91. The van der Waals surface area contributed by atoms with Crippen LogP contribution in [0.1, 0.15) is 18.4 Å². The van der Waals surface area contributed by atoms with Crippen LogP contribution < -0.4 is 10.9 Å². The van der Waals surface area contributed by atoms with E-state index in [4.69, 9.17) is 11.6 Å². The highest BCUT2D eigenvalue weighted by atomic mass is 35.5. The zero-order valence-corrected chi connectivity index (χ0v) is 12.1. The van der Waals surface area contributed by atoms with Gasteiger partial charge in [0.1, 0.15) is 5.82 Å². The monoisotopic (exact) mass is 307 g/mol. The van der Waals surface area contributed by atoms with E-state index in [0.29, 0.717) is 5.56 Å². The Balaban J connectivity index is 1.72. The first-order valence-corrected chi connectivity index (χ1v) is 7.24. The van der Waals surface area contributed by atoms with Crippen molar-refractivity contribution in [2.75, 3.05) is 11.9 Å². The molecule has 0 atom stereocenters. The summed E-state index contributed by atoms with van der Waals surface area (Å²) in [5, 5.41) is 7.38. The van der Waals surface area contributed by atoms with Crippen LogP contribution in [0.2, 0.25) is 5.02 Å². The molecule has 1 aliphatic carbocycles. The third kappa shape index (κ3) is 3.61. The molecule has 1 heterocycles. The van der Waals surface area contributed by atoms with E-state index in [1.165, 1.54) is 35.7 Å². The molecule has 0 unspecified atom stereocenters. The van der Waals surface area contributed by atoms with Crippen molar-refractivity contribution in [1.82, 2.24) is 9.78 Å². The molecule has 21 heavy (non-hydrogen) atoms. The van der Waals surface area contributed by atoms with Crippen molar-refractivity contribution in [2.24, 2.45) is 5.92 Å². The normalized spacial score (nSPS) is 14.2. The number of halogens is 2. The van der Waals surface area contributed by atoms with Crippen LogP contribution in [0.4, 0.5) is 10.1 Å². The molecule has 1 N–H and O–H groups in total. The quantitative estimate of drug-likeness (QED) is 0.924. The molecule has 1 saturated carbocycles. The lowest BCUT2D eigenvalue weighted by atomic mass is 10.2. The highest BCUT2D eigenvalue weighted by Gasteiger charge is 2.20. The van der Waals surface area contributed by atoms with E-state index in [1.54, 1.807) is 12.3 Å². The van der Waals surface area contributed by atoms with Crippen molar-refractivity contribution in [1.29, 1.82) is 0 Å². The third-order valence-corrected chi connectivity index (χ3v) is 3.78. The molecule has 3 rings (SSSR count). The molecule has 1 aliphatic rings. The molecule has 6 heteroatoms. The molecule has 1 aromatic heterocycles. The van der Waals surface area contributed by atoms with Gasteiger partial charge in [-0.05, 0) is 36.5 Å². The minimum absolute atomic E-state index is 0.0682. The van der Waals surface area contributed by atoms with E-state index < -0.39 is 5.82 Å². The molecule has 0 radical (unpaired) electrons. The van der Waals surface area contributed by atoms with E-state index >= 15 is 0 Å². The van der Waals surface area contributed by atoms with Crippen LogP contribution >= 0.6 is 11.6 Å². The zero-order chi connectivity index (χ0) is 14.8. The number of rotatable bonds is 5. The fourth-order valence-corrected chi connectivity index (χ4v) is 2.16. The second-order valence-electron chi connectivity index (χ2n) is 5.31. The second-order valence-corrected chi connectivity index (χ2v) is 5.72. The number of aromatic nitrogens is 2. The van der Waals surface area contributed by atoms with Crippen LogP contribution in [-0.4, -0.2) is 16.3 Å². The standard InChI is InChI=1S/C15H15ClFN3O/c16-13-4-3-11(5-14(13)17)9-20-15(21)6-12(8-19-20)18-7-10-1-2-10/h3-6,8,10,18H,1-2,7,9H2. The van der Waals surface area contributed by atoms with Gasteiger partial charge >= 0.3 is 0 Å². The predicted molar refractivity (Wildman–Crippen MR) is 80.2 cm³/mol. The summed E-state index contributed by atoms with van der Waals surface area (Å²) in [6.07, 6.45) is 4.12. The lowest BCUT2D eigenvalue weighted by molar-refractivity contribution is 0.611. The van der Waals surface area contributed by atoms with Crippen LogP contribution in [0.25, 0.3) is 0 Å². The average molecular weight is 308 g/mol. The maximum atomic E-state index is 13.4. The van der Waals surface area contributed by atoms with Gasteiger partial charge in [0.15, 0.2) is 0 Å². The number of anilines is 1. The highest BCUT2D eigenvalue weighted by molar-refractivity contribution is 6.30. The van der Waals surface area contributed by atoms with Crippen molar-refractivity contribution in [3.63, 3.8) is 0 Å². The fraction of sp³-hybridized carbons (Fsp3) is 0.333. The van der Waals surface area contributed by atoms with Crippen LogP contribution in [0.5, 0.6) is 0 Å². The van der Waals surface area contributed by atoms with Gasteiger partial charge in [-0.1, -0.05) is 17.7 Å². The summed E-state index contributed by atoms with van der Waals surface area (Å²) in [7, 11) is 0. The number of hydrogen-bond acceptors (Lipinski definition) is 3. The third-order valence-electron chi connectivity index (χ3n) is 3.48. The van der Waals surface area contributed by atoms with Crippen LogP contribution in [0, 0.1) is 11.7 Å². The topological polar surface area (TPSA) is 46.9 Å². The average Bonchev–Trinajstić information content (AvgIpc) is 3.27. The molecular formula is C15H15ClFN3O. The Bertz CT molecular complexity index is 712. The molecular weight excluding hydrogens is 293 g/mol. The van der Waals surface area contributed by atoms with Crippen molar-refractivity contribution >= 4 is 17.3 Å². The van der Waals surface area contributed by atoms with Gasteiger partial charge in [-0.3, -0.25) is 4.79 Å². The van der Waals surface area contributed by atoms with Crippen molar-refractivity contribution in [3.8, 4) is 0 Å². The van der Waals surface area contributed by atoms with Gasteiger partial charge in [-0.2, -0.15) is 5.10 Å². The van der Waals surface area contributed by atoms with Crippen molar-refractivity contribution < 1.29 is 4.39 Å².